The van der Waals surface area contributed by atoms with Crippen LogP contribution in [0.15, 0.2) is 27.8 Å². The third kappa shape index (κ3) is 3.07. The molecule has 104 valence electrons. The summed E-state index contributed by atoms with van der Waals surface area (Å²) in [6.45, 7) is 5.35. The van der Waals surface area contributed by atoms with Crippen molar-refractivity contribution in [2.75, 3.05) is 5.32 Å². The fourth-order valence-electron chi connectivity index (χ4n) is 1.57. The van der Waals surface area contributed by atoms with Gasteiger partial charge in [0.05, 0.1) is 0 Å². The summed E-state index contributed by atoms with van der Waals surface area (Å²) in [5.41, 5.74) is 6.20. The quantitative estimate of drug-likeness (QED) is 0.344. The number of amides is 1. The number of carbonyl (C=O) groups is 1. The Morgan fingerprint density at radius 3 is 2.74 bits per heavy atom. The number of nitrogens with two attached hydrogens (primary N) is 1. The Labute approximate surface area is 121 Å². The molecule has 1 atom stereocenters. The van der Waals surface area contributed by atoms with Gasteiger partial charge in [-0.15, -0.1) is 0 Å². The number of benzene rings is 1. The maximum atomic E-state index is 12.3. The van der Waals surface area contributed by atoms with Crippen LogP contribution in [0.4, 0.5) is 5.69 Å². The lowest BCUT2D eigenvalue weighted by Gasteiger charge is -2.25. The molecule has 1 aromatic rings. The van der Waals surface area contributed by atoms with Gasteiger partial charge >= 0.3 is 0 Å². The fraction of sp³-hybridized carbons (Fsp3) is 0.385. The van der Waals surface area contributed by atoms with E-state index in [4.69, 9.17) is 10.9 Å². The van der Waals surface area contributed by atoms with Gasteiger partial charge in [0.15, 0.2) is 5.84 Å². The van der Waals surface area contributed by atoms with Crippen molar-refractivity contribution in [1.82, 2.24) is 0 Å². The summed E-state index contributed by atoms with van der Waals surface area (Å²) in [7, 11) is 0. The minimum atomic E-state index is -1.04. The Morgan fingerprint density at radius 1 is 1.58 bits per heavy atom. The van der Waals surface area contributed by atoms with E-state index in [1.165, 1.54) is 0 Å². The van der Waals surface area contributed by atoms with Gasteiger partial charge in [-0.1, -0.05) is 34.1 Å². The van der Waals surface area contributed by atoms with Gasteiger partial charge in [0.2, 0.25) is 5.91 Å². The van der Waals surface area contributed by atoms with Gasteiger partial charge in [0.1, 0.15) is 5.41 Å². The Balaban J connectivity index is 3.05. The normalized spacial score (nSPS) is 14.8. The summed E-state index contributed by atoms with van der Waals surface area (Å²) in [6.07, 6.45) is 0.432. The highest BCUT2D eigenvalue weighted by atomic mass is 79.9. The van der Waals surface area contributed by atoms with E-state index in [1.807, 2.05) is 26.0 Å². The molecular formula is C13H18BrN3O2. The Kier molecular flexibility index (Phi) is 4.94. The first-order valence-corrected chi connectivity index (χ1v) is 6.70. The summed E-state index contributed by atoms with van der Waals surface area (Å²) in [6, 6.07) is 5.54. The topological polar surface area (TPSA) is 87.7 Å². The number of oxime groups is 1. The Bertz CT molecular complexity index is 517. The van der Waals surface area contributed by atoms with Crippen molar-refractivity contribution in [2.45, 2.75) is 27.2 Å². The molecule has 1 unspecified atom stereocenters. The predicted molar refractivity (Wildman–Crippen MR) is 79.3 cm³/mol. The van der Waals surface area contributed by atoms with Crippen LogP contribution in [-0.4, -0.2) is 17.0 Å². The van der Waals surface area contributed by atoms with Crippen LogP contribution in [0.25, 0.3) is 0 Å². The van der Waals surface area contributed by atoms with E-state index in [9.17, 15) is 4.79 Å². The van der Waals surface area contributed by atoms with Crippen molar-refractivity contribution in [3.8, 4) is 0 Å². The standard InChI is InChI=1S/C13H18BrN3O2/c1-4-13(3,11(15)17-19)12(18)16-10-7-5-6-9(14)8(10)2/h5-7,19H,4H2,1-3H3,(H2,15,17)(H,16,18). The number of halogens is 1. The number of nitrogens with one attached hydrogen (secondary N) is 1. The SMILES string of the molecule is CCC(C)(C(=O)Nc1cccc(Br)c1C)/C(N)=N/O. The van der Waals surface area contributed by atoms with Crippen LogP contribution >= 0.6 is 15.9 Å². The first-order valence-electron chi connectivity index (χ1n) is 5.91. The molecule has 0 aromatic heterocycles. The summed E-state index contributed by atoms with van der Waals surface area (Å²) in [5, 5.41) is 14.6. The van der Waals surface area contributed by atoms with E-state index >= 15 is 0 Å². The van der Waals surface area contributed by atoms with E-state index in [-0.39, 0.29) is 11.7 Å². The molecule has 1 amide bonds. The first kappa shape index (κ1) is 15.5. The maximum absolute atomic E-state index is 12.3. The second kappa shape index (κ2) is 6.06. The average Bonchev–Trinajstić information content (AvgIpc) is 2.41. The van der Waals surface area contributed by atoms with Crippen LogP contribution in [0.3, 0.4) is 0 Å². The second-order valence-corrected chi connectivity index (χ2v) is 5.39. The molecule has 0 radical (unpaired) electrons. The molecule has 0 heterocycles. The first-order chi connectivity index (χ1) is 8.86. The van der Waals surface area contributed by atoms with Gasteiger partial charge in [-0.25, -0.2) is 0 Å². The number of amidine groups is 1. The minimum Gasteiger partial charge on any atom is -0.409 e. The molecule has 0 aliphatic rings. The van der Waals surface area contributed by atoms with E-state index in [0.29, 0.717) is 12.1 Å². The summed E-state index contributed by atoms with van der Waals surface area (Å²) < 4.78 is 0.910. The highest BCUT2D eigenvalue weighted by Crippen LogP contribution is 2.27. The van der Waals surface area contributed by atoms with Gasteiger partial charge in [-0.3, -0.25) is 4.79 Å². The van der Waals surface area contributed by atoms with Crippen molar-refractivity contribution in [1.29, 1.82) is 0 Å². The molecule has 0 aliphatic heterocycles. The van der Waals surface area contributed by atoms with Gasteiger partial charge in [-0.2, -0.15) is 0 Å². The van der Waals surface area contributed by atoms with E-state index in [1.54, 1.807) is 13.0 Å². The summed E-state index contributed by atoms with van der Waals surface area (Å²) in [5.74, 6) is -0.397. The minimum absolute atomic E-state index is 0.0971. The number of hydrogen-bond donors (Lipinski definition) is 3. The fourth-order valence-corrected chi connectivity index (χ4v) is 1.94. The van der Waals surface area contributed by atoms with Crippen molar-refractivity contribution >= 4 is 33.4 Å². The second-order valence-electron chi connectivity index (χ2n) is 4.54. The zero-order chi connectivity index (χ0) is 14.6. The maximum Gasteiger partial charge on any atom is 0.238 e. The molecule has 4 N–H and O–H groups in total. The van der Waals surface area contributed by atoms with Crippen molar-refractivity contribution < 1.29 is 10.0 Å². The zero-order valence-corrected chi connectivity index (χ0v) is 12.8. The summed E-state index contributed by atoms with van der Waals surface area (Å²) >= 11 is 3.41. The molecule has 0 saturated heterocycles. The van der Waals surface area contributed by atoms with Gasteiger partial charge in [0, 0.05) is 10.2 Å². The third-order valence-corrected chi connectivity index (χ3v) is 4.26. The Morgan fingerprint density at radius 2 is 2.21 bits per heavy atom. The van der Waals surface area contributed by atoms with Gasteiger partial charge in [0.25, 0.3) is 0 Å². The van der Waals surface area contributed by atoms with Crippen LogP contribution in [0, 0.1) is 12.3 Å². The molecule has 0 bridgehead atoms. The van der Waals surface area contributed by atoms with E-state index in [0.717, 1.165) is 10.0 Å². The molecule has 1 rings (SSSR count). The van der Waals surface area contributed by atoms with Crippen LogP contribution in [0.5, 0.6) is 0 Å². The number of nitrogens with zero attached hydrogens (tertiary/aromatic N) is 1. The van der Waals surface area contributed by atoms with Crippen LogP contribution in [0.2, 0.25) is 0 Å². The zero-order valence-electron chi connectivity index (χ0n) is 11.2. The van der Waals surface area contributed by atoms with Crippen molar-refractivity contribution in [3.05, 3.63) is 28.2 Å². The number of hydrogen-bond acceptors (Lipinski definition) is 3. The highest BCUT2D eigenvalue weighted by molar-refractivity contribution is 9.10. The van der Waals surface area contributed by atoms with Gasteiger partial charge < -0.3 is 16.3 Å². The number of rotatable bonds is 4. The highest BCUT2D eigenvalue weighted by Gasteiger charge is 2.36. The largest absolute Gasteiger partial charge is 0.409 e. The lowest BCUT2D eigenvalue weighted by Crippen LogP contribution is -2.44. The lowest BCUT2D eigenvalue weighted by atomic mass is 9.85. The molecule has 1 aromatic carbocycles. The van der Waals surface area contributed by atoms with Crippen molar-refractivity contribution in [3.63, 3.8) is 0 Å². The molecule has 0 saturated carbocycles. The molecule has 19 heavy (non-hydrogen) atoms. The number of carbonyl (C=O) groups excluding carboxylic acids is 1. The smallest absolute Gasteiger partial charge is 0.238 e. The summed E-state index contributed by atoms with van der Waals surface area (Å²) in [4.78, 5) is 12.3. The molecule has 0 aliphatic carbocycles. The molecule has 0 spiro atoms. The van der Waals surface area contributed by atoms with E-state index < -0.39 is 5.41 Å². The van der Waals surface area contributed by atoms with Crippen LogP contribution in [0.1, 0.15) is 25.8 Å². The average molecular weight is 328 g/mol. The van der Waals surface area contributed by atoms with Gasteiger partial charge in [-0.05, 0) is 38.0 Å². The molecule has 0 fully saturated rings. The molecule has 5 nitrogen and oxygen atoms in total. The predicted octanol–water partition coefficient (Wildman–Crippen LogP) is 2.86. The Hall–Kier alpha value is -1.56. The van der Waals surface area contributed by atoms with E-state index in [2.05, 4.69) is 26.4 Å². The van der Waals surface area contributed by atoms with Crippen LogP contribution < -0.4 is 11.1 Å². The monoisotopic (exact) mass is 327 g/mol. The molecular weight excluding hydrogens is 310 g/mol. The number of anilines is 1. The van der Waals surface area contributed by atoms with Crippen LogP contribution in [-0.2, 0) is 4.79 Å². The third-order valence-electron chi connectivity index (χ3n) is 3.40. The molecule has 6 heteroatoms. The van der Waals surface area contributed by atoms with Crippen molar-refractivity contribution in [2.24, 2.45) is 16.3 Å². The lowest BCUT2D eigenvalue weighted by molar-refractivity contribution is -0.121.